The van der Waals surface area contributed by atoms with E-state index in [-0.39, 0.29) is 29.3 Å². The van der Waals surface area contributed by atoms with Gasteiger partial charge in [-0.3, -0.25) is 4.79 Å². The number of aryl methyl sites for hydroxylation is 1. The molecule has 2 aromatic carbocycles. The van der Waals surface area contributed by atoms with Gasteiger partial charge in [0.05, 0.1) is 17.1 Å². The van der Waals surface area contributed by atoms with E-state index >= 15 is 4.39 Å². The number of fused-ring (bicyclic) bond motifs is 1. The van der Waals surface area contributed by atoms with Crippen molar-refractivity contribution in [1.82, 2.24) is 24.6 Å². The average Bonchev–Trinajstić information content (AvgIpc) is 3.51. The third kappa shape index (κ3) is 4.17. The molecule has 5 rings (SSSR count). The van der Waals surface area contributed by atoms with Gasteiger partial charge in [0.25, 0.3) is 0 Å². The molecule has 1 fully saturated rings. The van der Waals surface area contributed by atoms with Gasteiger partial charge < -0.3 is 9.64 Å². The van der Waals surface area contributed by atoms with Crippen LogP contribution in [0, 0.1) is 36.0 Å². The fraction of sp³-hybridized carbons (Fsp3) is 0.200. The van der Waals surface area contributed by atoms with E-state index in [1.807, 2.05) is 0 Å². The van der Waals surface area contributed by atoms with Crippen molar-refractivity contribution in [2.45, 2.75) is 19.4 Å². The fourth-order valence-corrected chi connectivity index (χ4v) is 4.34. The lowest BCUT2D eigenvalue weighted by atomic mass is 10.1. The van der Waals surface area contributed by atoms with Crippen LogP contribution < -0.4 is 4.74 Å². The lowest BCUT2D eigenvalue weighted by molar-refractivity contribution is -0.125. The van der Waals surface area contributed by atoms with Crippen molar-refractivity contribution < 1.29 is 31.5 Å². The number of carbonyl (C=O) groups excluding carboxylic acids is 1. The molecule has 0 radical (unpaired) electrons. The molecule has 3 heterocycles. The highest BCUT2D eigenvalue weighted by molar-refractivity contribution is 5.93. The molecule has 0 aliphatic carbocycles. The Morgan fingerprint density at radius 1 is 1.08 bits per heavy atom. The molecule has 0 bridgehead atoms. The summed E-state index contributed by atoms with van der Waals surface area (Å²) in [5.74, 6) is -9.61. The first-order valence-electron chi connectivity index (χ1n) is 11.1. The Hall–Kier alpha value is -4.35. The molecular weight excluding hydrogens is 497 g/mol. The molecular formula is C25H18F5N5O2. The zero-order chi connectivity index (χ0) is 26.4. The minimum Gasteiger partial charge on any atom is -0.451 e. The largest absolute Gasteiger partial charge is 0.451 e. The minimum absolute atomic E-state index is 0.0115. The number of hydrogen-bond donors (Lipinski definition) is 0. The number of nitrogens with zero attached hydrogens (tertiary/aromatic N) is 5. The predicted octanol–water partition coefficient (Wildman–Crippen LogP) is 5.25. The Balaban J connectivity index is 1.54. The average molecular weight is 515 g/mol. The minimum atomic E-state index is -1.75. The van der Waals surface area contributed by atoms with E-state index in [0.29, 0.717) is 36.2 Å². The molecule has 12 heteroatoms. The van der Waals surface area contributed by atoms with E-state index in [1.54, 1.807) is 16.5 Å². The number of aromatic nitrogens is 4. The maximum Gasteiger partial charge on any atom is 0.246 e. The molecule has 0 N–H and O–H groups in total. The number of benzene rings is 2. The second kappa shape index (κ2) is 9.26. The van der Waals surface area contributed by atoms with Crippen LogP contribution in [0.3, 0.4) is 0 Å². The zero-order valence-corrected chi connectivity index (χ0v) is 19.3. The summed E-state index contributed by atoms with van der Waals surface area (Å²) in [4.78, 5) is 22.2. The molecule has 1 saturated heterocycles. The SMILES string of the molecule is C=CC(=O)N1CCC(n2nc(-c3ccc(Oc4c(F)c(F)cc(F)c4F)cc3F)c3c(C)ncnc32)C1. The summed E-state index contributed by atoms with van der Waals surface area (Å²) in [7, 11) is 0. The van der Waals surface area contributed by atoms with Gasteiger partial charge in [-0.05, 0) is 31.6 Å². The van der Waals surface area contributed by atoms with Crippen molar-refractivity contribution in [2.75, 3.05) is 13.1 Å². The second-order valence-electron chi connectivity index (χ2n) is 8.42. The van der Waals surface area contributed by atoms with E-state index in [4.69, 9.17) is 4.74 Å². The van der Waals surface area contributed by atoms with Crippen LogP contribution in [0.4, 0.5) is 22.0 Å². The molecule has 0 saturated carbocycles. The smallest absolute Gasteiger partial charge is 0.246 e. The first-order chi connectivity index (χ1) is 17.7. The molecule has 1 unspecified atom stereocenters. The zero-order valence-electron chi connectivity index (χ0n) is 19.3. The van der Waals surface area contributed by atoms with E-state index < -0.39 is 40.6 Å². The number of carbonyl (C=O) groups is 1. The van der Waals surface area contributed by atoms with Gasteiger partial charge >= 0.3 is 0 Å². The summed E-state index contributed by atoms with van der Waals surface area (Å²) in [6.45, 7) is 6.07. The molecule has 4 aromatic rings. The quantitative estimate of drug-likeness (QED) is 0.206. The highest BCUT2D eigenvalue weighted by Gasteiger charge is 2.30. The number of hydrogen-bond acceptors (Lipinski definition) is 5. The van der Waals surface area contributed by atoms with Gasteiger partial charge in [0, 0.05) is 30.8 Å². The van der Waals surface area contributed by atoms with Gasteiger partial charge in [0.1, 0.15) is 23.6 Å². The van der Waals surface area contributed by atoms with Crippen molar-refractivity contribution in [1.29, 1.82) is 0 Å². The standard InChI is InChI=1S/C25H18F5N5O2/c1-3-19(36)34-7-6-13(10-34)35-25-20(12(2)31-11-32-25)23(33-35)15-5-4-14(8-16(15)26)37-24-21(29)17(27)9-18(28)22(24)30/h3-5,8-9,11,13H,1,6-7,10H2,2H3. The summed E-state index contributed by atoms with van der Waals surface area (Å²) >= 11 is 0. The van der Waals surface area contributed by atoms with Crippen LogP contribution in [-0.2, 0) is 4.79 Å². The Bertz CT molecular complexity index is 1550. The van der Waals surface area contributed by atoms with E-state index in [2.05, 4.69) is 21.6 Å². The van der Waals surface area contributed by atoms with E-state index in [1.165, 1.54) is 24.5 Å². The van der Waals surface area contributed by atoms with Crippen molar-refractivity contribution in [3.05, 3.63) is 78.0 Å². The highest BCUT2D eigenvalue weighted by atomic mass is 19.2. The lowest BCUT2D eigenvalue weighted by Crippen LogP contribution is -2.27. The summed E-state index contributed by atoms with van der Waals surface area (Å²) in [5.41, 5.74) is 1.19. The Morgan fingerprint density at radius 2 is 1.81 bits per heavy atom. The topological polar surface area (TPSA) is 73.1 Å². The maximum absolute atomic E-state index is 15.3. The van der Waals surface area contributed by atoms with Gasteiger partial charge in [-0.25, -0.2) is 27.8 Å². The third-order valence-corrected chi connectivity index (χ3v) is 6.16. The first-order valence-corrected chi connectivity index (χ1v) is 11.1. The lowest BCUT2D eigenvalue weighted by Gasteiger charge is -2.14. The van der Waals surface area contributed by atoms with E-state index in [9.17, 15) is 22.4 Å². The fourth-order valence-electron chi connectivity index (χ4n) is 4.34. The van der Waals surface area contributed by atoms with E-state index in [0.717, 1.165) is 6.07 Å². The summed E-state index contributed by atoms with van der Waals surface area (Å²) in [6.07, 6.45) is 3.18. The van der Waals surface area contributed by atoms with Gasteiger partial charge in [-0.1, -0.05) is 6.58 Å². The molecule has 37 heavy (non-hydrogen) atoms. The molecule has 0 spiro atoms. The Labute approximate surface area is 206 Å². The number of likely N-dealkylation sites (tertiary alicyclic amines) is 1. The number of amides is 1. The first kappa shape index (κ1) is 24.3. The molecule has 190 valence electrons. The monoisotopic (exact) mass is 515 g/mol. The van der Waals surface area contributed by atoms with Crippen LogP contribution in [0.1, 0.15) is 18.2 Å². The normalized spacial score (nSPS) is 15.4. The van der Waals surface area contributed by atoms with Gasteiger partial charge in [0.15, 0.2) is 17.3 Å². The van der Waals surface area contributed by atoms with Gasteiger partial charge in [-0.15, -0.1) is 0 Å². The molecule has 7 nitrogen and oxygen atoms in total. The van der Waals surface area contributed by atoms with Crippen molar-refractivity contribution in [3.8, 4) is 22.8 Å². The number of ether oxygens (including phenoxy) is 1. The summed E-state index contributed by atoms with van der Waals surface area (Å²) < 4.78 is 76.9. The molecule has 1 atom stereocenters. The van der Waals surface area contributed by atoms with Crippen LogP contribution in [0.25, 0.3) is 22.3 Å². The highest BCUT2D eigenvalue weighted by Crippen LogP contribution is 2.37. The Kier molecular flexibility index (Phi) is 6.10. The third-order valence-electron chi connectivity index (χ3n) is 6.16. The van der Waals surface area contributed by atoms with Crippen molar-refractivity contribution in [3.63, 3.8) is 0 Å². The Morgan fingerprint density at radius 3 is 2.49 bits per heavy atom. The second-order valence-corrected chi connectivity index (χ2v) is 8.42. The number of halogens is 5. The number of rotatable bonds is 5. The summed E-state index contributed by atoms with van der Waals surface area (Å²) in [6, 6.07) is 3.08. The van der Waals surface area contributed by atoms with Crippen LogP contribution in [0.5, 0.6) is 11.5 Å². The maximum atomic E-state index is 15.3. The van der Waals surface area contributed by atoms with Crippen LogP contribution in [-0.4, -0.2) is 43.6 Å². The molecule has 1 aliphatic rings. The van der Waals surface area contributed by atoms with Crippen molar-refractivity contribution in [2.24, 2.45) is 0 Å². The van der Waals surface area contributed by atoms with Crippen LogP contribution >= 0.6 is 0 Å². The van der Waals surface area contributed by atoms with Gasteiger partial charge in [0.2, 0.25) is 23.3 Å². The van der Waals surface area contributed by atoms with Gasteiger partial charge in [-0.2, -0.15) is 13.9 Å². The van der Waals surface area contributed by atoms with Crippen molar-refractivity contribution >= 4 is 16.9 Å². The van der Waals surface area contributed by atoms with Crippen LogP contribution in [0.15, 0.2) is 43.2 Å². The predicted molar refractivity (Wildman–Crippen MR) is 122 cm³/mol. The molecule has 1 aliphatic heterocycles. The van der Waals surface area contributed by atoms with Crippen LogP contribution in [0.2, 0.25) is 0 Å². The summed E-state index contributed by atoms with van der Waals surface area (Å²) in [5, 5.41) is 5.08. The molecule has 1 amide bonds. The molecule has 2 aromatic heterocycles.